The highest BCUT2D eigenvalue weighted by Gasteiger charge is 2.36. The number of primary amides is 1. The molecule has 1 amide bonds. The summed E-state index contributed by atoms with van der Waals surface area (Å²) in [4.78, 5) is 20.7. The fourth-order valence-electron chi connectivity index (χ4n) is 2.56. The summed E-state index contributed by atoms with van der Waals surface area (Å²) in [5, 5.41) is 20.2. The molecule has 0 radical (unpaired) electrons. The molecule has 23 heavy (non-hydrogen) atoms. The third-order valence-corrected chi connectivity index (χ3v) is 4.98. The van der Waals surface area contributed by atoms with Gasteiger partial charge in [-0.3, -0.25) is 9.78 Å². The van der Waals surface area contributed by atoms with Gasteiger partial charge in [0.15, 0.2) is 0 Å². The SMILES string of the molecule is CC1OC(c2nc(C(N)=O)c(-c3cccnc3)s2)CC(O)C1O. The monoisotopic (exact) mass is 335 g/mol. The van der Waals surface area contributed by atoms with E-state index < -0.39 is 30.3 Å². The van der Waals surface area contributed by atoms with E-state index in [1.165, 1.54) is 11.3 Å². The lowest BCUT2D eigenvalue weighted by Crippen LogP contribution is -2.43. The number of hydrogen-bond donors (Lipinski definition) is 3. The van der Waals surface area contributed by atoms with Gasteiger partial charge in [-0.1, -0.05) is 6.07 Å². The summed E-state index contributed by atoms with van der Waals surface area (Å²) < 4.78 is 5.71. The second-order valence-corrected chi connectivity index (χ2v) is 6.49. The molecule has 8 heteroatoms. The van der Waals surface area contributed by atoms with Crippen molar-refractivity contribution in [3.05, 3.63) is 35.2 Å². The number of amides is 1. The van der Waals surface area contributed by atoms with Crippen molar-refractivity contribution in [2.45, 2.75) is 37.8 Å². The summed E-state index contributed by atoms with van der Waals surface area (Å²) in [6.07, 6.45) is 0.643. The van der Waals surface area contributed by atoms with E-state index in [1.54, 1.807) is 25.4 Å². The van der Waals surface area contributed by atoms with Gasteiger partial charge in [0, 0.05) is 24.4 Å². The van der Waals surface area contributed by atoms with Gasteiger partial charge in [0.1, 0.15) is 22.9 Å². The molecule has 1 aliphatic rings. The quantitative estimate of drug-likeness (QED) is 0.766. The lowest BCUT2D eigenvalue weighted by Gasteiger charge is -2.34. The highest BCUT2D eigenvalue weighted by Crippen LogP contribution is 2.38. The Balaban J connectivity index is 1.97. The van der Waals surface area contributed by atoms with Crippen LogP contribution in [0.25, 0.3) is 10.4 Å². The minimum atomic E-state index is -0.931. The number of aromatic nitrogens is 2. The number of rotatable bonds is 3. The predicted molar refractivity (Wildman–Crippen MR) is 83.8 cm³/mol. The van der Waals surface area contributed by atoms with Gasteiger partial charge in [-0.2, -0.15) is 0 Å². The van der Waals surface area contributed by atoms with Crippen LogP contribution in [0.4, 0.5) is 0 Å². The molecular weight excluding hydrogens is 318 g/mol. The number of thiazole rings is 1. The average Bonchev–Trinajstić information content (AvgIpc) is 2.98. The first-order valence-electron chi connectivity index (χ1n) is 7.20. The Kier molecular flexibility index (Phi) is 4.40. The zero-order valence-electron chi connectivity index (χ0n) is 12.4. The van der Waals surface area contributed by atoms with Crippen LogP contribution in [0, 0.1) is 0 Å². The summed E-state index contributed by atoms with van der Waals surface area (Å²) in [6.45, 7) is 1.69. The summed E-state index contributed by atoms with van der Waals surface area (Å²) in [5.41, 5.74) is 6.33. The van der Waals surface area contributed by atoms with Crippen LogP contribution in [0.15, 0.2) is 24.5 Å². The molecule has 4 atom stereocenters. The number of hydrogen-bond acceptors (Lipinski definition) is 7. The number of carbonyl (C=O) groups is 1. The van der Waals surface area contributed by atoms with Crippen LogP contribution in [0.3, 0.4) is 0 Å². The molecule has 0 aromatic carbocycles. The Morgan fingerprint density at radius 1 is 1.48 bits per heavy atom. The smallest absolute Gasteiger partial charge is 0.268 e. The van der Waals surface area contributed by atoms with E-state index in [4.69, 9.17) is 10.5 Å². The molecule has 4 unspecified atom stereocenters. The van der Waals surface area contributed by atoms with E-state index in [-0.39, 0.29) is 12.1 Å². The van der Waals surface area contributed by atoms with Gasteiger partial charge in [0.2, 0.25) is 0 Å². The number of nitrogens with two attached hydrogens (primary N) is 1. The van der Waals surface area contributed by atoms with Crippen molar-refractivity contribution < 1.29 is 19.7 Å². The number of aliphatic hydroxyl groups excluding tert-OH is 2. The van der Waals surface area contributed by atoms with Crippen LogP contribution in [-0.2, 0) is 4.74 Å². The van der Waals surface area contributed by atoms with E-state index in [0.717, 1.165) is 5.56 Å². The zero-order chi connectivity index (χ0) is 16.6. The van der Waals surface area contributed by atoms with Crippen molar-refractivity contribution in [1.82, 2.24) is 9.97 Å². The first kappa shape index (κ1) is 16.0. The number of aliphatic hydroxyl groups is 2. The third-order valence-electron chi connectivity index (χ3n) is 3.79. The van der Waals surface area contributed by atoms with E-state index in [1.807, 2.05) is 6.07 Å². The third kappa shape index (κ3) is 3.11. The van der Waals surface area contributed by atoms with E-state index in [0.29, 0.717) is 9.88 Å². The maximum atomic E-state index is 11.7. The second-order valence-electron chi connectivity index (χ2n) is 5.46. The van der Waals surface area contributed by atoms with Gasteiger partial charge in [-0.05, 0) is 13.0 Å². The number of ether oxygens (including phenoxy) is 1. The molecule has 1 saturated heterocycles. The van der Waals surface area contributed by atoms with Gasteiger partial charge in [0.25, 0.3) is 5.91 Å². The normalized spacial score (nSPS) is 27.8. The molecule has 0 spiro atoms. The van der Waals surface area contributed by atoms with Crippen molar-refractivity contribution in [3.8, 4) is 10.4 Å². The fourth-order valence-corrected chi connectivity index (χ4v) is 3.67. The van der Waals surface area contributed by atoms with Crippen LogP contribution in [0.1, 0.15) is 34.9 Å². The molecule has 1 aliphatic heterocycles. The van der Waals surface area contributed by atoms with Crippen molar-refractivity contribution in [2.24, 2.45) is 5.73 Å². The lowest BCUT2D eigenvalue weighted by molar-refractivity contribution is -0.163. The molecule has 4 N–H and O–H groups in total. The molecule has 0 bridgehead atoms. The van der Waals surface area contributed by atoms with Gasteiger partial charge in [-0.25, -0.2) is 4.98 Å². The van der Waals surface area contributed by atoms with Crippen LogP contribution in [-0.4, -0.2) is 44.4 Å². The molecule has 0 aliphatic carbocycles. The fraction of sp³-hybridized carbons (Fsp3) is 0.400. The van der Waals surface area contributed by atoms with Crippen LogP contribution in [0.5, 0.6) is 0 Å². The summed E-state index contributed by atoms with van der Waals surface area (Å²) in [7, 11) is 0. The maximum absolute atomic E-state index is 11.7. The summed E-state index contributed by atoms with van der Waals surface area (Å²) >= 11 is 1.28. The van der Waals surface area contributed by atoms with Crippen LogP contribution >= 0.6 is 11.3 Å². The molecule has 0 saturated carbocycles. The molecule has 1 fully saturated rings. The Morgan fingerprint density at radius 3 is 2.87 bits per heavy atom. The number of nitrogens with zero attached hydrogens (tertiary/aromatic N) is 2. The van der Waals surface area contributed by atoms with Crippen LogP contribution in [0.2, 0.25) is 0 Å². The lowest BCUT2D eigenvalue weighted by atomic mass is 9.99. The van der Waals surface area contributed by atoms with E-state index in [9.17, 15) is 15.0 Å². The summed E-state index contributed by atoms with van der Waals surface area (Å²) in [5.74, 6) is -0.629. The molecule has 122 valence electrons. The molecule has 3 rings (SSSR count). The Hall–Kier alpha value is -1.87. The number of pyridine rings is 1. The summed E-state index contributed by atoms with van der Waals surface area (Å²) in [6, 6.07) is 3.58. The standard InChI is InChI=1S/C15H17N3O4S/c1-7-12(20)9(19)5-10(22-7)15-18-11(14(16)21)13(23-15)8-3-2-4-17-6-8/h2-4,6-7,9-10,12,19-20H,5H2,1H3,(H2,16,21). The van der Waals surface area contributed by atoms with Crippen LogP contribution < -0.4 is 5.73 Å². The Bertz CT molecular complexity index is 694. The molecule has 7 nitrogen and oxygen atoms in total. The molecule has 3 heterocycles. The van der Waals surface area contributed by atoms with Gasteiger partial charge < -0.3 is 20.7 Å². The first-order chi connectivity index (χ1) is 11.0. The molecular formula is C15H17N3O4S. The second kappa shape index (κ2) is 6.32. The minimum Gasteiger partial charge on any atom is -0.390 e. The van der Waals surface area contributed by atoms with Crippen molar-refractivity contribution in [2.75, 3.05) is 0 Å². The minimum absolute atomic E-state index is 0.162. The van der Waals surface area contributed by atoms with E-state index >= 15 is 0 Å². The van der Waals surface area contributed by atoms with Gasteiger partial charge in [-0.15, -0.1) is 11.3 Å². The molecule has 2 aromatic rings. The zero-order valence-corrected chi connectivity index (χ0v) is 13.2. The average molecular weight is 335 g/mol. The van der Waals surface area contributed by atoms with Gasteiger partial charge in [0.05, 0.1) is 17.1 Å². The van der Waals surface area contributed by atoms with Gasteiger partial charge >= 0.3 is 0 Å². The maximum Gasteiger partial charge on any atom is 0.268 e. The molecule has 2 aromatic heterocycles. The highest BCUT2D eigenvalue weighted by atomic mass is 32.1. The Labute approximate surface area is 136 Å². The predicted octanol–water partition coefficient (Wildman–Crippen LogP) is 0.876. The van der Waals surface area contributed by atoms with Crippen molar-refractivity contribution in [1.29, 1.82) is 0 Å². The van der Waals surface area contributed by atoms with Crippen molar-refractivity contribution >= 4 is 17.2 Å². The Morgan fingerprint density at radius 2 is 2.26 bits per heavy atom. The van der Waals surface area contributed by atoms with E-state index in [2.05, 4.69) is 9.97 Å². The topological polar surface area (TPSA) is 119 Å². The first-order valence-corrected chi connectivity index (χ1v) is 8.01. The number of carbonyl (C=O) groups excluding carboxylic acids is 1. The highest BCUT2D eigenvalue weighted by molar-refractivity contribution is 7.15. The van der Waals surface area contributed by atoms with Crippen molar-refractivity contribution in [3.63, 3.8) is 0 Å². The largest absolute Gasteiger partial charge is 0.390 e.